The van der Waals surface area contributed by atoms with E-state index in [4.69, 9.17) is 9.40 Å². The summed E-state index contributed by atoms with van der Waals surface area (Å²) in [6, 6.07) is 21.4. The van der Waals surface area contributed by atoms with Gasteiger partial charge in [-0.2, -0.15) is 0 Å². The molecule has 0 radical (unpaired) electrons. The summed E-state index contributed by atoms with van der Waals surface area (Å²) in [7, 11) is 0. The summed E-state index contributed by atoms with van der Waals surface area (Å²) in [6.07, 6.45) is 10.5. The molecule has 166 valence electrons. The van der Waals surface area contributed by atoms with Crippen molar-refractivity contribution in [3.63, 3.8) is 0 Å². The van der Waals surface area contributed by atoms with E-state index in [0.717, 1.165) is 22.6 Å². The fourth-order valence-electron chi connectivity index (χ4n) is 5.71. The Morgan fingerprint density at radius 3 is 2.45 bits per heavy atom. The van der Waals surface area contributed by atoms with Crippen LogP contribution in [0.25, 0.3) is 39.0 Å². The van der Waals surface area contributed by atoms with Crippen molar-refractivity contribution in [3.05, 3.63) is 84.2 Å². The monoisotopic (exact) mass is 434 g/mol. The molecule has 33 heavy (non-hydrogen) atoms. The highest BCUT2D eigenvalue weighted by atomic mass is 16.3. The van der Waals surface area contributed by atoms with E-state index in [-0.39, 0.29) is 0 Å². The maximum atomic E-state index is 6.54. The Morgan fingerprint density at radius 2 is 1.67 bits per heavy atom. The number of furan rings is 1. The minimum atomic E-state index is 0.317. The minimum Gasteiger partial charge on any atom is -0.456 e. The van der Waals surface area contributed by atoms with Gasteiger partial charge in [0.1, 0.15) is 17.0 Å². The van der Waals surface area contributed by atoms with Gasteiger partial charge in [-0.15, -0.1) is 0 Å². The van der Waals surface area contributed by atoms with Crippen LogP contribution in [0.2, 0.25) is 0 Å². The van der Waals surface area contributed by atoms with E-state index in [1.54, 1.807) is 0 Å². The highest BCUT2D eigenvalue weighted by Crippen LogP contribution is 2.45. The highest BCUT2D eigenvalue weighted by Gasteiger charge is 2.28. The zero-order valence-electron chi connectivity index (χ0n) is 19.4. The molecule has 5 aromatic rings. The predicted molar refractivity (Wildman–Crippen MR) is 136 cm³/mol. The standard InChI is InChI=1S/C30H30N2O/c1-20(2)27-28(32-18-17-31-30(32)22-13-7-4-8-14-22)24(21-11-5-3-6-12-21)19-25-23-15-9-10-16-26(23)33-29(25)27/h4,7-10,13-21H,3,5-6,11-12H2,1-2H3. The van der Waals surface area contributed by atoms with Gasteiger partial charge in [0.05, 0.1) is 5.69 Å². The Labute approximate surface area is 195 Å². The Hall–Kier alpha value is -3.33. The molecular formula is C30H30N2O. The summed E-state index contributed by atoms with van der Waals surface area (Å²) in [5, 5.41) is 2.46. The number of imidazole rings is 1. The van der Waals surface area contributed by atoms with E-state index >= 15 is 0 Å². The number of nitrogens with zero attached hydrogens (tertiary/aromatic N) is 2. The lowest BCUT2D eigenvalue weighted by atomic mass is 9.80. The average molecular weight is 435 g/mol. The molecule has 0 spiro atoms. The Bertz CT molecular complexity index is 1420. The summed E-state index contributed by atoms with van der Waals surface area (Å²) < 4.78 is 8.86. The fourth-order valence-corrected chi connectivity index (χ4v) is 5.71. The van der Waals surface area contributed by atoms with Gasteiger partial charge >= 0.3 is 0 Å². The molecule has 0 saturated heterocycles. The predicted octanol–water partition coefficient (Wildman–Crippen LogP) is 8.61. The van der Waals surface area contributed by atoms with Gasteiger partial charge in [0.15, 0.2) is 0 Å². The molecule has 0 N–H and O–H groups in total. The largest absolute Gasteiger partial charge is 0.456 e. The fraction of sp³-hybridized carbons (Fsp3) is 0.300. The maximum absolute atomic E-state index is 6.54. The molecule has 3 heteroatoms. The lowest BCUT2D eigenvalue weighted by Crippen LogP contribution is -2.12. The molecule has 0 atom stereocenters. The molecule has 2 heterocycles. The summed E-state index contributed by atoms with van der Waals surface area (Å²) in [5.41, 5.74) is 7.15. The molecule has 0 unspecified atom stereocenters. The summed E-state index contributed by atoms with van der Waals surface area (Å²) in [5.74, 6) is 1.87. The molecule has 1 saturated carbocycles. The van der Waals surface area contributed by atoms with Crippen molar-refractivity contribution >= 4 is 21.9 Å². The van der Waals surface area contributed by atoms with Crippen molar-refractivity contribution in [1.29, 1.82) is 0 Å². The van der Waals surface area contributed by atoms with Crippen molar-refractivity contribution in [2.75, 3.05) is 0 Å². The van der Waals surface area contributed by atoms with E-state index in [0.29, 0.717) is 11.8 Å². The molecule has 1 fully saturated rings. The van der Waals surface area contributed by atoms with E-state index < -0.39 is 0 Å². The van der Waals surface area contributed by atoms with Crippen LogP contribution in [0.1, 0.15) is 68.9 Å². The molecule has 2 aromatic heterocycles. The minimum absolute atomic E-state index is 0.317. The third-order valence-electron chi connectivity index (χ3n) is 7.24. The topological polar surface area (TPSA) is 31.0 Å². The van der Waals surface area contributed by atoms with Gasteiger partial charge < -0.3 is 4.42 Å². The first kappa shape index (κ1) is 20.3. The third-order valence-corrected chi connectivity index (χ3v) is 7.24. The van der Waals surface area contributed by atoms with Gasteiger partial charge in [-0.3, -0.25) is 4.57 Å². The third kappa shape index (κ3) is 3.38. The van der Waals surface area contributed by atoms with Crippen molar-refractivity contribution in [1.82, 2.24) is 9.55 Å². The number of fused-ring (bicyclic) bond motifs is 3. The summed E-state index contributed by atoms with van der Waals surface area (Å²) in [4.78, 5) is 4.80. The zero-order valence-corrected chi connectivity index (χ0v) is 19.4. The van der Waals surface area contributed by atoms with E-state index in [9.17, 15) is 0 Å². The molecule has 3 nitrogen and oxygen atoms in total. The SMILES string of the molecule is CC(C)c1c(-n2ccnc2-c2ccccc2)c(C2CCCCC2)cc2c1oc1ccccc12. The second-order valence-electron chi connectivity index (χ2n) is 9.68. The number of hydrogen-bond donors (Lipinski definition) is 0. The van der Waals surface area contributed by atoms with Crippen molar-refractivity contribution < 1.29 is 4.42 Å². The van der Waals surface area contributed by atoms with Crippen LogP contribution < -0.4 is 0 Å². The van der Waals surface area contributed by atoms with Gasteiger partial charge in [-0.05, 0) is 42.4 Å². The molecule has 0 amide bonds. The average Bonchev–Trinajstić information content (AvgIpc) is 3.48. The van der Waals surface area contributed by atoms with Gasteiger partial charge in [-0.1, -0.05) is 81.6 Å². The lowest BCUT2D eigenvalue weighted by molar-refractivity contribution is 0.442. The Kier molecular flexibility index (Phi) is 5.05. The van der Waals surface area contributed by atoms with Crippen LogP contribution in [0.15, 0.2) is 77.5 Å². The van der Waals surface area contributed by atoms with Crippen molar-refractivity contribution in [2.45, 2.75) is 57.8 Å². The van der Waals surface area contributed by atoms with Gasteiger partial charge in [0.25, 0.3) is 0 Å². The van der Waals surface area contributed by atoms with Gasteiger partial charge in [-0.25, -0.2) is 4.98 Å². The molecule has 6 rings (SSSR count). The number of para-hydroxylation sites is 1. The number of rotatable bonds is 4. The number of hydrogen-bond acceptors (Lipinski definition) is 2. The first-order chi connectivity index (χ1) is 16.2. The molecule has 3 aromatic carbocycles. The normalized spacial score (nSPS) is 15.1. The van der Waals surface area contributed by atoms with E-state index in [2.05, 4.69) is 85.3 Å². The van der Waals surface area contributed by atoms with Crippen LogP contribution in [-0.4, -0.2) is 9.55 Å². The molecule has 1 aliphatic rings. The Morgan fingerprint density at radius 1 is 0.909 bits per heavy atom. The van der Waals surface area contributed by atoms with Crippen LogP contribution in [0.3, 0.4) is 0 Å². The molecule has 0 aliphatic heterocycles. The van der Waals surface area contributed by atoms with Crippen LogP contribution >= 0.6 is 0 Å². The zero-order chi connectivity index (χ0) is 22.4. The molecule has 1 aliphatic carbocycles. The summed E-state index contributed by atoms with van der Waals surface area (Å²) in [6.45, 7) is 4.57. The van der Waals surface area contributed by atoms with E-state index in [1.807, 2.05) is 6.20 Å². The quantitative estimate of drug-likeness (QED) is 0.283. The first-order valence-corrected chi connectivity index (χ1v) is 12.3. The maximum Gasteiger partial charge on any atom is 0.144 e. The van der Waals surface area contributed by atoms with Crippen LogP contribution in [-0.2, 0) is 0 Å². The number of aromatic nitrogens is 2. The van der Waals surface area contributed by atoms with Crippen molar-refractivity contribution in [2.24, 2.45) is 0 Å². The second kappa shape index (κ2) is 8.22. The molecular weight excluding hydrogens is 404 g/mol. The van der Waals surface area contributed by atoms with Crippen molar-refractivity contribution in [3.8, 4) is 17.1 Å². The lowest BCUT2D eigenvalue weighted by Gasteiger charge is -2.28. The second-order valence-corrected chi connectivity index (χ2v) is 9.68. The van der Waals surface area contributed by atoms with Crippen LogP contribution in [0.4, 0.5) is 0 Å². The van der Waals surface area contributed by atoms with Crippen LogP contribution in [0.5, 0.6) is 0 Å². The first-order valence-electron chi connectivity index (χ1n) is 12.3. The Balaban J connectivity index is 1.71. The smallest absolute Gasteiger partial charge is 0.144 e. The highest BCUT2D eigenvalue weighted by molar-refractivity contribution is 6.07. The van der Waals surface area contributed by atoms with Gasteiger partial charge in [0, 0.05) is 34.3 Å². The number of benzene rings is 3. The van der Waals surface area contributed by atoms with E-state index in [1.165, 1.54) is 59.7 Å². The molecule has 0 bridgehead atoms. The van der Waals surface area contributed by atoms with Gasteiger partial charge in [0.2, 0.25) is 0 Å². The summed E-state index contributed by atoms with van der Waals surface area (Å²) >= 11 is 0. The van der Waals surface area contributed by atoms with Crippen LogP contribution in [0, 0.1) is 0 Å².